The van der Waals surface area contributed by atoms with Crippen LogP contribution in [0.15, 0.2) is 4.42 Å². The van der Waals surface area contributed by atoms with Gasteiger partial charge in [-0.05, 0) is 12.8 Å². The van der Waals surface area contributed by atoms with Gasteiger partial charge in [-0.15, -0.1) is 5.10 Å². The van der Waals surface area contributed by atoms with Crippen LogP contribution in [0.4, 0.5) is 10.8 Å². The Balaban J connectivity index is 0.00000196. The van der Waals surface area contributed by atoms with Crippen molar-refractivity contribution in [1.82, 2.24) is 20.2 Å². The normalized spacial score (nSPS) is 26.2. The number of morpholine rings is 1. The Morgan fingerprint density at radius 1 is 1.19 bits per heavy atom. The molecule has 2 bridgehead atoms. The van der Waals surface area contributed by atoms with E-state index in [1.165, 1.54) is 4.90 Å². The Hall–Kier alpha value is -0.960. The van der Waals surface area contributed by atoms with E-state index in [4.69, 9.17) is 9.15 Å². The van der Waals surface area contributed by atoms with Gasteiger partial charge in [-0.3, -0.25) is 0 Å². The molecular formula is C12H16N5NaO7S. The number of anilines is 1. The number of piperidine rings is 1. The number of fused-ring (bicyclic) bond motifs is 2. The summed E-state index contributed by atoms with van der Waals surface area (Å²) in [7, 11) is -5.01. The largest absolute Gasteiger partial charge is 1.00 e. The van der Waals surface area contributed by atoms with E-state index >= 15 is 0 Å². The molecule has 2 atom stereocenters. The van der Waals surface area contributed by atoms with Crippen LogP contribution in [0.3, 0.4) is 0 Å². The first-order valence-electron chi connectivity index (χ1n) is 7.84. The number of hydrogen-bond donors (Lipinski definition) is 0. The Bertz CT molecular complexity index is 768. The standard InChI is InChI=1S/C12H17N5O7S.Na/c18-12-16-7-8(17(12)24-25(19,20)21)1-2-9(16)10-13-14-11(23-10)15-3-5-22-6-4-15;/h8-9H,1-7H2,(H,19,20,21);/q;+1/p-1/t8-,9+;/m1./s1. The predicted octanol–water partition coefficient (Wildman–Crippen LogP) is -3.76. The quantitative estimate of drug-likeness (QED) is 0.282. The van der Waals surface area contributed by atoms with Crippen LogP contribution in [0, 0.1) is 0 Å². The summed E-state index contributed by atoms with van der Waals surface area (Å²) >= 11 is 0. The molecule has 1 aromatic rings. The second-order valence-electron chi connectivity index (χ2n) is 6.01. The summed E-state index contributed by atoms with van der Waals surface area (Å²) in [5.41, 5.74) is 0. The Labute approximate surface area is 171 Å². The van der Waals surface area contributed by atoms with Gasteiger partial charge in [0, 0.05) is 19.6 Å². The third-order valence-electron chi connectivity index (χ3n) is 4.49. The van der Waals surface area contributed by atoms with Gasteiger partial charge >= 0.3 is 41.6 Å². The summed E-state index contributed by atoms with van der Waals surface area (Å²) in [4.78, 5) is 15.6. The summed E-state index contributed by atoms with van der Waals surface area (Å²) in [6, 6.07) is -1.30. The Kier molecular flexibility index (Phi) is 5.77. The van der Waals surface area contributed by atoms with Crippen molar-refractivity contribution in [3.8, 4) is 0 Å². The van der Waals surface area contributed by atoms with E-state index in [0.717, 1.165) is 0 Å². The number of carbonyl (C=O) groups excluding carboxylic acids is 1. The van der Waals surface area contributed by atoms with Crippen molar-refractivity contribution in [1.29, 1.82) is 0 Å². The van der Waals surface area contributed by atoms with Crippen LogP contribution in [0.1, 0.15) is 24.8 Å². The van der Waals surface area contributed by atoms with Gasteiger partial charge in [-0.2, -0.15) is 9.35 Å². The third-order valence-corrected chi connectivity index (χ3v) is 4.83. The summed E-state index contributed by atoms with van der Waals surface area (Å²) < 4.78 is 47.7. The predicted molar refractivity (Wildman–Crippen MR) is 77.8 cm³/mol. The Morgan fingerprint density at radius 3 is 2.62 bits per heavy atom. The van der Waals surface area contributed by atoms with Gasteiger partial charge in [0.25, 0.3) is 0 Å². The SMILES string of the molecule is O=C1N2C[C@@H](CC[C@H]2c2nnc(N3CCOCC3)o2)N1OS(=O)(=O)[O-].[Na+]. The summed E-state index contributed by atoms with van der Waals surface area (Å²) in [6.07, 6.45) is 0.956. The molecule has 14 heteroatoms. The number of rotatable bonds is 4. The zero-order valence-electron chi connectivity index (χ0n) is 14.1. The number of urea groups is 1. The minimum atomic E-state index is -5.01. The molecule has 138 valence electrons. The zero-order chi connectivity index (χ0) is 17.6. The molecule has 0 aromatic carbocycles. The maximum atomic E-state index is 12.4. The summed E-state index contributed by atoms with van der Waals surface area (Å²) in [5.74, 6) is 0.278. The number of ether oxygens (including phenoxy) is 1. The van der Waals surface area contributed by atoms with Crippen molar-refractivity contribution < 1.29 is 60.8 Å². The first kappa shape index (κ1) is 19.8. The van der Waals surface area contributed by atoms with Gasteiger partial charge in [0.15, 0.2) is 0 Å². The number of hydrogen-bond acceptors (Lipinski definition) is 10. The maximum Gasteiger partial charge on any atom is 1.00 e. The van der Waals surface area contributed by atoms with Crippen LogP contribution in [0.5, 0.6) is 0 Å². The molecule has 3 aliphatic heterocycles. The molecular weight excluding hydrogens is 381 g/mol. The molecule has 3 fully saturated rings. The number of hydroxylamine groups is 2. The van der Waals surface area contributed by atoms with Gasteiger partial charge in [0.1, 0.15) is 6.04 Å². The van der Waals surface area contributed by atoms with E-state index in [1.807, 2.05) is 4.90 Å². The van der Waals surface area contributed by atoms with Crippen LogP contribution in [0.2, 0.25) is 0 Å². The molecule has 0 saturated carbocycles. The minimum Gasteiger partial charge on any atom is -0.724 e. The molecule has 3 aliphatic rings. The van der Waals surface area contributed by atoms with Crippen molar-refractivity contribution in [3.05, 3.63) is 5.89 Å². The molecule has 26 heavy (non-hydrogen) atoms. The third kappa shape index (κ3) is 3.83. The fraction of sp³-hybridized carbons (Fsp3) is 0.750. The second kappa shape index (κ2) is 7.58. The topological polar surface area (TPSA) is 141 Å². The number of amides is 2. The van der Waals surface area contributed by atoms with E-state index in [0.29, 0.717) is 50.2 Å². The van der Waals surface area contributed by atoms with E-state index in [9.17, 15) is 17.8 Å². The Morgan fingerprint density at radius 2 is 1.92 bits per heavy atom. The first-order chi connectivity index (χ1) is 11.9. The number of nitrogens with zero attached hydrogens (tertiary/aromatic N) is 5. The van der Waals surface area contributed by atoms with E-state index in [2.05, 4.69) is 14.5 Å². The first-order valence-corrected chi connectivity index (χ1v) is 9.17. The molecule has 12 nitrogen and oxygen atoms in total. The molecule has 0 N–H and O–H groups in total. The van der Waals surface area contributed by atoms with Gasteiger partial charge in [-0.25, -0.2) is 13.2 Å². The van der Waals surface area contributed by atoms with Crippen LogP contribution >= 0.6 is 0 Å². The summed E-state index contributed by atoms with van der Waals surface area (Å²) in [6.45, 7) is 2.65. The van der Waals surface area contributed by atoms with Gasteiger partial charge in [0.2, 0.25) is 16.3 Å². The number of carbonyl (C=O) groups is 1. The van der Waals surface area contributed by atoms with Gasteiger partial charge < -0.3 is 23.5 Å². The van der Waals surface area contributed by atoms with Crippen LogP contribution in [-0.4, -0.2) is 78.1 Å². The van der Waals surface area contributed by atoms with Crippen LogP contribution in [-0.2, 0) is 19.4 Å². The molecule has 4 heterocycles. The van der Waals surface area contributed by atoms with Crippen molar-refractivity contribution in [3.63, 3.8) is 0 Å². The van der Waals surface area contributed by atoms with Gasteiger partial charge in [0.05, 0.1) is 19.3 Å². The molecule has 0 aliphatic carbocycles. The fourth-order valence-electron chi connectivity index (χ4n) is 3.33. The van der Waals surface area contributed by atoms with E-state index < -0.39 is 28.5 Å². The smallest absolute Gasteiger partial charge is 0.724 e. The van der Waals surface area contributed by atoms with Crippen LogP contribution in [0.25, 0.3) is 0 Å². The fourth-order valence-corrected chi connectivity index (χ4v) is 3.71. The molecule has 0 unspecified atom stereocenters. The molecule has 3 saturated heterocycles. The van der Waals surface area contributed by atoms with E-state index in [-0.39, 0.29) is 42.0 Å². The second-order valence-corrected chi connectivity index (χ2v) is 6.98. The summed E-state index contributed by atoms with van der Waals surface area (Å²) in [5, 5.41) is 8.69. The molecule has 0 radical (unpaired) electrons. The zero-order valence-corrected chi connectivity index (χ0v) is 16.9. The van der Waals surface area contributed by atoms with Gasteiger partial charge in [-0.1, -0.05) is 5.10 Å². The molecule has 2 amide bonds. The average Bonchev–Trinajstić information content (AvgIpc) is 3.16. The minimum absolute atomic E-state index is 0. The van der Waals surface area contributed by atoms with Crippen LogP contribution < -0.4 is 34.5 Å². The average molecular weight is 397 g/mol. The number of aromatic nitrogens is 2. The van der Waals surface area contributed by atoms with Crippen molar-refractivity contribution in [2.45, 2.75) is 24.9 Å². The monoisotopic (exact) mass is 397 g/mol. The molecule has 0 spiro atoms. The molecule has 1 aromatic heterocycles. The maximum absolute atomic E-state index is 12.4. The van der Waals surface area contributed by atoms with Crippen molar-refractivity contribution in [2.75, 3.05) is 37.7 Å². The van der Waals surface area contributed by atoms with Crippen molar-refractivity contribution >= 4 is 22.4 Å². The van der Waals surface area contributed by atoms with E-state index in [1.54, 1.807) is 0 Å². The molecule has 4 rings (SSSR count). The van der Waals surface area contributed by atoms with Crippen molar-refractivity contribution in [2.24, 2.45) is 0 Å².